The lowest BCUT2D eigenvalue weighted by Gasteiger charge is -2.60. The average Bonchev–Trinajstić information content (AvgIpc) is 2.88. The topological polar surface area (TPSA) is 121 Å². The number of nitriles is 1. The zero-order valence-corrected chi connectivity index (χ0v) is 23.4. The molecule has 4 bridgehead atoms. The largest absolute Gasteiger partial charge is 0.494 e. The van der Waals surface area contributed by atoms with E-state index in [-0.39, 0.29) is 17.6 Å². The molecule has 4 aliphatic rings. The summed E-state index contributed by atoms with van der Waals surface area (Å²) in [5.41, 5.74) is 1.09. The number of carbonyl (C=O) groups excluding carboxylic acids is 1. The molecule has 1 aromatic heterocycles. The molecule has 1 heterocycles. The Hall–Kier alpha value is -3.54. The van der Waals surface area contributed by atoms with Gasteiger partial charge in [0.25, 0.3) is 0 Å². The Balaban J connectivity index is 1.24. The Morgan fingerprint density at radius 1 is 1.15 bits per heavy atom. The van der Waals surface area contributed by atoms with E-state index >= 15 is 0 Å². The fourth-order valence-corrected chi connectivity index (χ4v) is 7.16. The summed E-state index contributed by atoms with van der Waals surface area (Å²) in [6, 6.07) is 10.3. The second kappa shape index (κ2) is 10.9. The highest BCUT2D eigenvalue weighted by atomic mass is 16.6. The maximum absolute atomic E-state index is 12.5. The van der Waals surface area contributed by atoms with Crippen LogP contribution in [-0.4, -0.2) is 40.9 Å². The van der Waals surface area contributed by atoms with Crippen molar-refractivity contribution in [2.75, 3.05) is 23.8 Å². The molecule has 208 valence electrons. The molecule has 0 aliphatic heterocycles. The highest BCUT2D eigenvalue weighted by Crippen LogP contribution is 2.60. The number of para-hydroxylation sites is 1. The van der Waals surface area contributed by atoms with Gasteiger partial charge in [-0.25, -0.2) is 9.78 Å². The Kier molecular flexibility index (Phi) is 7.57. The smallest absolute Gasteiger partial charge is 0.407 e. The van der Waals surface area contributed by atoms with Gasteiger partial charge in [-0.1, -0.05) is 18.2 Å². The van der Waals surface area contributed by atoms with Crippen molar-refractivity contribution in [3.05, 3.63) is 41.6 Å². The second-order valence-electron chi connectivity index (χ2n) is 12.5. The van der Waals surface area contributed by atoms with Gasteiger partial charge in [-0.3, -0.25) is 0 Å². The Bertz CT molecular complexity index is 1220. The molecular formula is C30H40N6O3. The fourth-order valence-electron chi connectivity index (χ4n) is 7.16. The summed E-state index contributed by atoms with van der Waals surface area (Å²) in [5, 5.41) is 19.7. The first-order valence-corrected chi connectivity index (χ1v) is 14.1. The number of hydrogen-bond donors (Lipinski definition) is 3. The van der Waals surface area contributed by atoms with Crippen molar-refractivity contribution < 1.29 is 14.3 Å². The minimum Gasteiger partial charge on any atom is -0.494 e. The molecule has 0 spiro atoms. The summed E-state index contributed by atoms with van der Waals surface area (Å²) in [6.45, 7) is 9.53. The van der Waals surface area contributed by atoms with Crippen LogP contribution in [0.15, 0.2) is 30.5 Å². The molecule has 2 aromatic rings. The van der Waals surface area contributed by atoms with Gasteiger partial charge in [0.15, 0.2) is 0 Å². The molecule has 5 atom stereocenters. The Morgan fingerprint density at radius 3 is 2.59 bits per heavy atom. The number of hydrogen-bond acceptors (Lipinski definition) is 8. The molecule has 39 heavy (non-hydrogen) atoms. The van der Waals surface area contributed by atoms with Crippen LogP contribution in [-0.2, 0) is 11.3 Å². The molecule has 1 amide bonds. The number of ether oxygens (including phenoxy) is 2. The van der Waals surface area contributed by atoms with E-state index in [0.717, 1.165) is 43.5 Å². The van der Waals surface area contributed by atoms with Gasteiger partial charge in [-0.05, 0) is 89.0 Å². The van der Waals surface area contributed by atoms with E-state index < -0.39 is 5.60 Å². The third-order valence-corrected chi connectivity index (χ3v) is 8.33. The van der Waals surface area contributed by atoms with Crippen molar-refractivity contribution in [3.63, 3.8) is 0 Å². The van der Waals surface area contributed by atoms with E-state index in [1.165, 1.54) is 6.42 Å². The maximum atomic E-state index is 12.5. The van der Waals surface area contributed by atoms with Crippen molar-refractivity contribution in [3.8, 4) is 11.8 Å². The van der Waals surface area contributed by atoms with E-state index in [9.17, 15) is 10.1 Å². The molecule has 1 unspecified atom stereocenters. The number of carbonyl (C=O) groups is 1. The number of aromatic nitrogens is 2. The zero-order chi connectivity index (χ0) is 27.6. The molecule has 6 rings (SSSR count). The first-order chi connectivity index (χ1) is 18.7. The molecule has 0 radical (unpaired) electrons. The summed E-state index contributed by atoms with van der Waals surface area (Å²) < 4.78 is 11.3. The van der Waals surface area contributed by atoms with Crippen molar-refractivity contribution in [2.24, 2.45) is 23.2 Å². The minimum absolute atomic E-state index is 0.143. The van der Waals surface area contributed by atoms with Gasteiger partial charge < -0.3 is 25.4 Å². The highest BCUT2D eigenvalue weighted by Gasteiger charge is 2.55. The third kappa shape index (κ3) is 6.21. The van der Waals surface area contributed by atoms with E-state index in [2.05, 4.69) is 32.0 Å². The standard InChI is InChI=1S/C30H40N6O3/c1-5-38-24-9-7-6-8-20(24)16-32-27-33-17-23(15-31)26(36-27)34-18-30-12-19-10-21(13-30)25(22(11-19)14-30)35-28(37)39-29(2,3)4/h6-9,17,19,21-22,25H,5,10-14,16,18H2,1-4H3,(H,35,37)(H2,32,33,34,36)/t19?,21-,22+,25-,30-. The van der Waals surface area contributed by atoms with Gasteiger partial charge in [-0.15, -0.1) is 0 Å². The summed E-state index contributed by atoms with van der Waals surface area (Å²) in [6.07, 6.45) is 6.88. The number of nitrogens with zero attached hydrogens (tertiary/aromatic N) is 3. The maximum Gasteiger partial charge on any atom is 0.407 e. The third-order valence-electron chi connectivity index (χ3n) is 8.33. The van der Waals surface area contributed by atoms with Gasteiger partial charge in [0.2, 0.25) is 5.95 Å². The van der Waals surface area contributed by atoms with Crippen molar-refractivity contribution >= 4 is 17.9 Å². The molecule has 4 fully saturated rings. The van der Waals surface area contributed by atoms with Crippen LogP contribution in [0.4, 0.5) is 16.6 Å². The van der Waals surface area contributed by atoms with Crippen LogP contribution in [0.25, 0.3) is 0 Å². The van der Waals surface area contributed by atoms with Crippen LogP contribution in [0, 0.1) is 34.5 Å². The first-order valence-electron chi connectivity index (χ1n) is 14.1. The summed E-state index contributed by atoms with van der Waals surface area (Å²) in [4.78, 5) is 21.6. The Labute approximate surface area is 231 Å². The summed E-state index contributed by atoms with van der Waals surface area (Å²) in [7, 11) is 0. The van der Waals surface area contributed by atoms with Gasteiger partial charge in [0, 0.05) is 24.7 Å². The molecule has 0 saturated heterocycles. The molecule has 1 aromatic carbocycles. The summed E-state index contributed by atoms with van der Waals surface area (Å²) in [5.74, 6) is 3.45. The SMILES string of the molecule is CCOc1ccccc1CNc1ncc(C#N)c(NC[C@]23CC4C[C@H](C2)[C@@H](NC(=O)OC(C)(C)C)[C@@H](C4)C3)n1. The first kappa shape index (κ1) is 27.0. The molecule has 4 aliphatic carbocycles. The molecule has 9 heteroatoms. The van der Waals surface area contributed by atoms with Crippen LogP contribution in [0.5, 0.6) is 5.75 Å². The normalized spacial score (nSPS) is 26.9. The second-order valence-corrected chi connectivity index (χ2v) is 12.5. The van der Waals surface area contributed by atoms with Gasteiger partial charge in [0.05, 0.1) is 12.8 Å². The van der Waals surface area contributed by atoms with Crippen LogP contribution >= 0.6 is 0 Å². The van der Waals surface area contributed by atoms with Crippen LogP contribution in [0.1, 0.15) is 70.9 Å². The number of alkyl carbamates (subject to hydrolysis) is 1. The summed E-state index contributed by atoms with van der Waals surface area (Å²) >= 11 is 0. The van der Waals surface area contributed by atoms with Crippen molar-refractivity contribution in [1.29, 1.82) is 5.26 Å². The lowest BCUT2D eigenvalue weighted by atomic mass is 9.48. The Morgan fingerprint density at radius 2 is 1.90 bits per heavy atom. The molecular weight excluding hydrogens is 492 g/mol. The molecule has 4 saturated carbocycles. The lowest BCUT2D eigenvalue weighted by Crippen LogP contribution is -2.60. The fraction of sp³-hybridized carbons (Fsp3) is 0.600. The quantitative estimate of drug-likeness (QED) is 0.388. The predicted molar refractivity (Wildman–Crippen MR) is 149 cm³/mol. The number of amides is 1. The number of benzene rings is 1. The molecule has 9 nitrogen and oxygen atoms in total. The number of rotatable bonds is 9. The van der Waals surface area contributed by atoms with Gasteiger partial charge >= 0.3 is 6.09 Å². The number of anilines is 2. The lowest BCUT2D eigenvalue weighted by molar-refractivity contribution is -0.0703. The van der Waals surface area contributed by atoms with E-state index in [0.29, 0.717) is 48.2 Å². The van der Waals surface area contributed by atoms with Crippen LogP contribution in [0.3, 0.4) is 0 Å². The minimum atomic E-state index is -0.502. The monoisotopic (exact) mass is 532 g/mol. The average molecular weight is 533 g/mol. The van der Waals surface area contributed by atoms with Crippen molar-refractivity contribution in [2.45, 2.75) is 78.0 Å². The number of nitrogens with one attached hydrogen (secondary N) is 3. The van der Waals surface area contributed by atoms with Gasteiger partial charge in [0.1, 0.15) is 28.8 Å². The highest BCUT2D eigenvalue weighted by molar-refractivity contribution is 5.68. The van der Waals surface area contributed by atoms with E-state index in [1.807, 2.05) is 52.0 Å². The molecule has 3 N–H and O–H groups in total. The van der Waals surface area contributed by atoms with Crippen LogP contribution in [0.2, 0.25) is 0 Å². The van der Waals surface area contributed by atoms with Crippen molar-refractivity contribution in [1.82, 2.24) is 15.3 Å². The predicted octanol–water partition coefficient (Wildman–Crippen LogP) is 5.49. The van der Waals surface area contributed by atoms with E-state index in [1.54, 1.807) is 6.20 Å². The van der Waals surface area contributed by atoms with Crippen LogP contribution < -0.4 is 20.7 Å². The van der Waals surface area contributed by atoms with Gasteiger partial charge in [-0.2, -0.15) is 10.2 Å². The van der Waals surface area contributed by atoms with E-state index in [4.69, 9.17) is 9.47 Å². The zero-order valence-electron chi connectivity index (χ0n) is 23.4.